The van der Waals surface area contributed by atoms with Crippen molar-refractivity contribution in [3.63, 3.8) is 0 Å². The molecule has 0 amide bonds. The highest BCUT2D eigenvalue weighted by Gasteiger charge is 2.15. The molecule has 2 aromatic carbocycles. The van der Waals surface area contributed by atoms with E-state index in [1.165, 1.54) is 5.57 Å². The fraction of sp³-hybridized carbons (Fsp3) is 0.261. The molecule has 0 spiro atoms. The maximum absolute atomic E-state index is 12.8. The third kappa shape index (κ3) is 5.48. The summed E-state index contributed by atoms with van der Waals surface area (Å²) in [5, 5.41) is 0. The summed E-state index contributed by atoms with van der Waals surface area (Å²) in [4.78, 5) is 12.8. The van der Waals surface area contributed by atoms with Crippen LogP contribution in [0.5, 0.6) is 17.2 Å². The van der Waals surface area contributed by atoms with Crippen molar-refractivity contribution in [2.45, 2.75) is 20.3 Å². The zero-order valence-electron chi connectivity index (χ0n) is 16.5. The van der Waals surface area contributed by atoms with Crippen LogP contribution in [0.25, 0.3) is 6.08 Å². The first kappa shape index (κ1) is 20.3. The molecule has 0 bridgehead atoms. The first-order chi connectivity index (χ1) is 13.0. The number of ether oxygens (including phenoxy) is 3. The van der Waals surface area contributed by atoms with Crippen LogP contribution in [0.4, 0.5) is 0 Å². The highest BCUT2D eigenvalue weighted by atomic mass is 16.5. The van der Waals surface area contributed by atoms with Gasteiger partial charge in [0, 0.05) is 6.07 Å². The van der Waals surface area contributed by atoms with Gasteiger partial charge >= 0.3 is 0 Å². The summed E-state index contributed by atoms with van der Waals surface area (Å²) in [6.07, 6.45) is 6.13. The van der Waals surface area contributed by atoms with Gasteiger partial charge in [-0.05, 0) is 55.7 Å². The van der Waals surface area contributed by atoms with Gasteiger partial charge in [0.15, 0.2) is 5.78 Å². The molecule has 0 N–H and O–H groups in total. The molecule has 0 aliphatic heterocycles. The Morgan fingerprint density at radius 3 is 2.15 bits per heavy atom. The van der Waals surface area contributed by atoms with Crippen molar-refractivity contribution < 1.29 is 19.0 Å². The van der Waals surface area contributed by atoms with Crippen LogP contribution in [0.2, 0.25) is 0 Å². The average molecular weight is 366 g/mol. The molecule has 27 heavy (non-hydrogen) atoms. The number of benzene rings is 2. The molecule has 0 atom stereocenters. The Morgan fingerprint density at radius 2 is 1.59 bits per heavy atom. The quantitative estimate of drug-likeness (QED) is 0.370. The highest BCUT2D eigenvalue weighted by Crippen LogP contribution is 2.30. The predicted molar refractivity (Wildman–Crippen MR) is 109 cm³/mol. The van der Waals surface area contributed by atoms with Gasteiger partial charge in [-0.1, -0.05) is 29.9 Å². The van der Waals surface area contributed by atoms with Crippen molar-refractivity contribution >= 4 is 11.9 Å². The van der Waals surface area contributed by atoms with Crippen LogP contribution < -0.4 is 14.2 Å². The van der Waals surface area contributed by atoms with Gasteiger partial charge in [-0.15, -0.1) is 0 Å². The van der Waals surface area contributed by atoms with Crippen molar-refractivity contribution in [3.05, 3.63) is 70.8 Å². The highest BCUT2D eigenvalue weighted by molar-refractivity contribution is 6.09. The second-order valence-corrected chi connectivity index (χ2v) is 6.32. The molecule has 0 aliphatic rings. The van der Waals surface area contributed by atoms with Gasteiger partial charge in [0.1, 0.15) is 17.2 Å². The minimum atomic E-state index is -0.122. The monoisotopic (exact) mass is 366 g/mol. The molecule has 0 heterocycles. The first-order valence-electron chi connectivity index (χ1n) is 8.73. The summed E-state index contributed by atoms with van der Waals surface area (Å²) in [6.45, 7) is 4.08. The Kier molecular flexibility index (Phi) is 7.24. The molecule has 0 aliphatic carbocycles. The smallest absolute Gasteiger partial charge is 0.189 e. The van der Waals surface area contributed by atoms with Gasteiger partial charge in [-0.25, -0.2) is 0 Å². The second-order valence-electron chi connectivity index (χ2n) is 6.32. The lowest BCUT2D eigenvalue weighted by Crippen LogP contribution is -2.02. The van der Waals surface area contributed by atoms with Crippen LogP contribution in [0.1, 0.15) is 35.3 Å². The van der Waals surface area contributed by atoms with Crippen LogP contribution in [0, 0.1) is 0 Å². The molecule has 0 radical (unpaired) electrons. The number of ketones is 1. The summed E-state index contributed by atoms with van der Waals surface area (Å²) < 4.78 is 16.0. The second kappa shape index (κ2) is 9.62. The van der Waals surface area contributed by atoms with Crippen molar-refractivity contribution in [2.24, 2.45) is 0 Å². The standard InChI is InChI=1S/C23H26O4/c1-16(2)6-10-18-14-20(23(27-5)15-22(18)26-4)21(24)13-9-17-7-11-19(25-3)12-8-17/h6-9,11-15H,10H2,1-5H3/b13-9+. The van der Waals surface area contributed by atoms with E-state index in [1.807, 2.05) is 44.2 Å². The summed E-state index contributed by atoms with van der Waals surface area (Å²) in [6, 6.07) is 11.1. The summed E-state index contributed by atoms with van der Waals surface area (Å²) in [7, 11) is 4.79. The fourth-order valence-corrected chi connectivity index (χ4v) is 2.61. The van der Waals surface area contributed by atoms with Crippen LogP contribution in [0.3, 0.4) is 0 Å². The van der Waals surface area contributed by atoms with E-state index < -0.39 is 0 Å². The summed E-state index contributed by atoms with van der Waals surface area (Å²) >= 11 is 0. The van der Waals surface area contributed by atoms with E-state index in [0.717, 1.165) is 16.9 Å². The molecule has 0 saturated carbocycles. The largest absolute Gasteiger partial charge is 0.497 e. The topological polar surface area (TPSA) is 44.8 Å². The van der Waals surface area contributed by atoms with Crippen LogP contribution >= 0.6 is 0 Å². The maximum Gasteiger partial charge on any atom is 0.189 e. The average Bonchev–Trinajstić information content (AvgIpc) is 2.69. The molecule has 2 aromatic rings. The molecule has 142 valence electrons. The number of carbonyl (C=O) groups is 1. The number of hydrogen-bond acceptors (Lipinski definition) is 4. The van der Waals surface area contributed by atoms with E-state index in [4.69, 9.17) is 14.2 Å². The summed E-state index contributed by atoms with van der Waals surface area (Å²) in [5.41, 5.74) is 3.59. The molecule has 0 fully saturated rings. The molecule has 4 heteroatoms. The van der Waals surface area contributed by atoms with Gasteiger partial charge in [0.2, 0.25) is 0 Å². The van der Waals surface area contributed by atoms with E-state index in [2.05, 4.69) is 6.08 Å². The first-order valence-corrected chi connectivity index (χ1v) is 8.73. The van der Waals surface area contributed by atoms with Gasteiger partial charge in [0.25, 0.3) is 0 Å². The Bertz CT molecular complexity index is 841. The Morgan fingerprint density at radius 1 is 0.926 bits per heavy atom. The lowest BCUT2D eigenvalue weighted by Gasteiger charge is -2.13. The fourth-order valence-electron chi connectivity index (χ4n) is 2.61. The lowest BCUT2D eigenvalue weighted by atomic mass is 10.0. The molecular weight excluding hydrogens is 340 g/mol. The molecular formula is C23H26O4. The van der Waals surface area contributed by atoms with Gasteiger partial charge < -0.3 is 14.2 Å². The molecule has 4 nitrogen and oxygen atoms in total. The van der Waals surface area contributed by atoms with Crippen molar-refractivity contribution in [1.82, 2.24) is 0 Å². The van der Waals surface area contributed by atoms with E-state index in [-0.39, 0.29) is 5.78 Å². The van der Waals surface area contributed by atoms with Gasteiger partial charge in [-0.3, -0.25) is 4.79 Å². The van der Waals surface area contributed by atoms with Crippen LogP contribution in [-0.2, 0) is 6.42 Å². The SMILES string of the molecule is COc1ccc(/C=C/C(=O)c2cc(CC=C(C)C)c(OC)cc2OC)cc1. The molecule has 0 saturated heterocycles. The van der Waals surface area contributed by atoms with E-state index in [9.17, 15) is 4.79 Å². The van der Waals surface area contributed by atoms with Crippen molar-refractivity contribution in [2.75, 3.05) is 21.3 Å². The van der Waals surface area contributed by atoms with Crippen LogP contribution in [0.15, 0.2) is 54.1 Å². The van der Waals surface area contributed by atoms with Gasteiger partial charge in [-0.2, -0.15) is 0 Å². The van der Waals surface area contributed by atoms with Crippen molar-refractivity contribution in [1.29, 1.82) is 0 Å². The Labute approximate surface area is 161 Å². The van der Waals surface area contributed by atoms with Crippen LogP contribution in [-0.4, -0.2) is 27.1 Å². The van der Waals surface area contributed by atoms with E-state index in [0.29, 0.717) is 23.5 Å². The zero-order valence-corrected chi connectivity index (χ0v) is 16.5. The minimum Gasteiger partial charge on any atom is -0.497 e. The van der Waals surface area contributed by atoms with E-state index >= 15 is 0 Å². The van der Waals surface area contributed by atoms with E-state index in [1.54, 1.807) is 39.5 Å². The zero-order chi connectivity index (χ0) is 19.8. The lowest BCUT2D eigenvalue weighted by molar-refractivity contribution is 0.104. The third-order valence-electron chi connectivity index (χ3n) is 4.14. The Balaban J connectivity index is 2.33. The molecule has 0 unspecified atom stereocenters. The number of rotatable bonds is 8. The molecule has 2 rings (SSSR count). The maximum atomic E-state index is 12.8. The van der Waals surface area contributed by atoms with Gasteiger partial charge in [0.05, 0.1) is 26.9 Å². The number of carbonyl (C=O) groups excluding carboxylic acids is 1. The molecule has 0 aromatic heterocycles. The number of methoxy groups -OCH3 is 3. The van der Waals surface area contributed by atoms with Crippen molar-refractivity contribution in [3.8, 4) is 17.2 Å². The number of allylic oxidation sites excluding steroid dienone is 3. The third-order valence-corrected chi connectivity index (χ3v) is 4.14. The normalized spacial score (nSPS) is 10.6. The predicted octanol–water partition coefficient (Wildman–Crippen LogP) is 5.12. The number of hydrogen-bond donors (Lipinski definition) is 0. The summed E-state index contributed by atoms with van der Waals surface area (Å²) in [5.74, 6) is 1.86. The minimum absolute atomic E-state index is 0.122. The Hall–Kier alpha value is -3.01.